The maximum absolute atomic E-state index is 13.8. The molecule has 0 spiro atoms. The molecule has 0 fully saturated rings. The lowest BCUT2D eigenvalue weighted by molar-refractivity contribution is 0.318. The van der Waals surface area contributed by atoms with E-state index < -0.39 is 5.82 Å². The van der Waals surface area contributed by atoms with Crippen LogP contribution in [0.3, 0.4) is 0 Å². The van der Waals surface area contributed by atoms with Gasteiger partial charge in [0.05, 0.1) is 6.20 Å². The fraction of sp³-hybridized carbons (Fsp3) is 0.0833. The van der Waals surface area contributed by atoms with Crippen molar-refractivity contribution in [2.24, 2.45) is 10.9 Å². The van der Waals surface area contributed by atoms with Crippen molar-refractivity contribution in [2.75, 3.05) is 0 Å². The molecule has 0 unspecified atom stereocenters. The molecule has 3 N–H and O–H groups in total. The summed E-state index contributed by atoms with van der Waals surface area (Å²) in [4.78, 5) is 7.71. The predicted octanol–water partition coefficient (Wildman–Crippen LogP) is 1.69. The third-order valence-electron chi connectivity index (χ3n) is 2.55. The SMILES string of the molecule is Cc1ccncc1-c1cc(/C(N)=N/O)ncc1F. The van der Waals surface area contributed by atoms with Crippen LogP contribution in [-0.4, -0.2) is 21.0 Å². The van der Waals surface area contributed by atoms with E-state index in [0.717, 1.165) is 11.8 Å². The van der Waals surface area contributed by atoms with E-state index in [4.69, 9.17) is 10.9 Å². The number of pyridine rings is 2. The van der Waals surface area contributed by atoms with E-state index in [1.54, 1.807) is 18.5 Å². The molecule has 5 nitrogen and oxygen atoms in total. The van der Waals surface area contributed by atoms with E-state index >= 15 is 0 Å². The monoisotopic (exact) mass is 246 g/mol. The molecule has 0 radical (unpaired) electrons. The molecule has 0 aromatic carbocycles. The first-order valence-corrected chi connectivity index (χ1v) is 5.18. The van der Waals surface area contributed by atoms with Gasteiger partial charge in [-0.25, -0.2) is 9.37 Å². The average Bonchev–Trinajstić information content (AvgIpc) is 2.39. The van der Waals surface area contributed by atoms with E-state index in [-0.39, 0.29) is 11.5 Å². The highest BCUT2D eigenvalue weighted by molar-refractivity contribution is 5.96. The summed E-state index contributed by atoms with van der Waals surface area (Å²) in [6.07, 6.45) is 4.22. The smallest absolute Gasteiger partial charge is 0.188 e. The summed E-state index contributed by atoms with van der Waals surface area (Å²) < 4.78 is 13.8. The second kappa shape index (κ2) is 4.79. The van der Waals surface area contributed by atoms with Crippen LogP contribution in [0.1, 0.15) is 11.3 Å². The highest BCUT2D eigenvalue weighted by Crippen LogP contribution is 2.25. The Hall–Kier alpha value is -2.50. The molecule has 6 heteroatoms. The van der Waals surface area contributed by atoms with Gasteiger partial charge in [-0.05, 0) is 24.6 Å². The molecule has 2 rings (SSSR count). The zero-order valence-corrected chi connectivity index (χ0v) is 9.63. The lowest BCUT2D eigenvalue weighted by Crippen LogP contribution is -2.15. The van der Waals surface area contributed by atoms with Gasteiger partial charge in [0.2, 0.25) is 0 Å². The van der Waals surface area contributed by atoms with Gasteiger partial charge in [-0.15, -0.1) is 0 Å². The van der Waals surface area contributed by atoms with E-state index in [1.165, 1.54) is 6.07 Å². The van der Waals surface area contributed by atoms with Gasteiger partial charge in [-0.2, -0.15) is 0 Å². The second-order valence-electron chi connectivity index (χ2n) is 3.73. The van der Waals surface area contributed by atoms with Crippen molar-refractivity contribution in [1.82, 2.24) is 9.97 Å². The number of aromatic nitrogens is 2. The standard InChI is InChI=1S/C12H11FN4O/c1-7-2-3-15-5-9(7)8-4-11(12(14)17-18)16-6-10(8)13/h2-6,18H,1H3,(H2,14,17). The number of hydrogen-bond acceptors (Lipinski definition) is 4. The molecule has 18 heavy (non-hydrogen) atoms. The second-order valence-corrected chi connectivity index (χ2v) is 3.73. The van der Waals surface area contributed by atoms with Gasteiger partial charge in [0, 0.05) is 23.5 Å². The van der Waals surface area contributed by atoms with Crippen LogP contribution in [0.2, 0.25) is 0 Å². The van der Waals surface area contributed by atoms with E-state index in [0.29, 0.717) is 11.1 Å². The number of nitrogens with zero attached hydrogens (tertiary/aromatic N) is 3. The Balaban J connectivity index is 2.61. The number of oxime groups is 1. The Morgan fingerprint density at radius 2 is 2.17 bits per heavy atom. The molecule has 0 amide bonds. The molecule has 0 saturated carbocycles. The van der Waals surface area contributed by atoms with Crippen LogP contribution >= 0.6 is 0 Å². The molecule has 0 aliphatic carbocycles. The summed E-state index contributed by atoms with van der Waals surface area (Å²) >= 11 is 0. The third-order valence-corrected chi connectivity index (χ3v) is 2.55. The molecule has 2 heterocycles. The lowest BCUT2D eigenvalue weighted by Gasteiger charge is -2.07. The van der Waals surface area contributed by atoms with Crippen molar-refractivity contribution < 1.29 is 9.60 Å². The summed E-state index contributed by atoms with van der Waals surface area (Å²) in [5.74, 6) is -0.654. The van der Waals surface area contributed by atoms with Crippen LogP contribution in [0.4, 0.5) is 4.39 Å². The zero-order valence-electron chi connectivity index (χ0n) is 9.63. The van der Waals surface area contributed by atoms with Gasteiger partial charge in [-0.3, -0.25) is 4.98 Å². The molecule has 0 bridgehead atoms. The van der Waals surface area contributed by atoms with Gasteiger partial charge in [0.1, 0.15) is 11.5 Å². The van der Waals surface area contributed by atoms with Crippen LogP contribution in [-0.2, 0) is 0 Å². The minimum Gasteiger partial charge on any atom is -0.409 e. The van der Waals surface area contributed by atoms with Gasteiger partial charge < -0.3 is 10.9 Å². The van der Waals surface area contributed by atoms with E-state index in [9.17, 15) is 4.39 Å². The van der Waals surface area contributed by atoms with Gasteiger partial charge in [0.15, 0.2) is 5.84 Å². The molecule has 2 aromatic rings. The van der Waals surface area contributed by atoms with Crippen molar-refractivity contribution in [1.29, 1.82) is 0 Å². The van der Waals surface area contributed by atoms with Crippen LogP contribution in [0, 0.1) is 12.7 Å². The summed E-state index contributed by atoms with van der Waals surface area (Å²) in [5, 5.41) is 11.4. The third kappa shape index (κ3) is 2.13. The first kappa shape index (κ1) is 12.0. The average molecular weight is 246 g/mol. The predicted molar refractivity (Wildman–Crippen MR) is 64.7 cm³/mol. The van der Waals surface area contributed by atoms with Crippen LogP contribution in [0.25, 0.3) is 11.1 Å². The maximum Gasteiger partial charge on any atom is 0.188 e. The summed E-state index contributed by atoms with van der Waals surface area (Å²) in [6.45, 7) is 1.85. The van der Waals surface area contributed by atoms with Crippen molar-refractivity contribution in [3.8, 4) is 11.1 Å². The van der Waals surface area contributed by atoms with Crippen LogP contribution < -0.4 is 5.73 Å². The first-order valence-electron chi connectivity index (χ1n) is 5.18. The fourth-order valence-corrected chi connectivity index (χ4v) is 1.58. The van der Waals surface area contributed by atoms with Crippen molar-refractivity contribution in [3.63, 3.8) is 0 Å². The van der Waals surface area contributed by atoms with Gasteiger partial charge in [-0.1, -0.05) is 5.16 Å². The Bertz CT molecular complexity index is 613. The molecule has 92 valence electrons. The first-order chi connectivity index (χ1) is 8.63. The Morgan fingerprint density at radius 1 is 1.39 bits per heavy atom. The van der Waals surface area contributed by atoms with Gasteiger partial charge >= 0.3 is 0 Å². The maximum atomic E-state index is 13.8. The van der Waals surface area contributed by atoms with E-state index in [1.807, 2.05) is 6.92 Å². The van der Waals surface area contributed by atoms with Gasteiger partial charge in [0.25, 0.3) is 0 Å². The lowest BCUT2D eigenvalue weighted by atomic mass is 10.0. The molecule has 0 aliphatic heterocycles. The molecule has 0 saturated heterocycles. The van der Waals surface area contributed by atoms with Crippen LogP contribution in [0.15, 0.2) is 35.9 Å². The Labute approximate surface area is 103 Å². The molecule has 0 atom stereocenters. The summed E-state index contributed by atoms with van der Waals surface area (Å²) in [6, 6.07) is 3.20. The Kier molecular flexibility index (Phi) is 3.18. The number of rotatable bonds is 2. The number of hydrogen-bond donors (Lipinski definition) is 2. The van der Waals surface area contributed by atoms with Crippen LogP contribution in [0.5, 0.6) is 0 Å². The quantitative estimate of drug-likeness (QED) is 0.365. The fourth-order valence-electron chi connectivity index (χ4n) is 1.58. The minimum atomic E-state index is -0.486. The number of amidine groups is 1. The van der Waals surface area contributed by atoms with Crippen molar-refractivity contribution >= 4 is 5.84 Å². The molecule has 2 aromatic heterocycles. The molecule has 0 aliphatic rings. The minimum absolute atomic E-state index is 0.169. The van der Waals surface area contributed by atoms with Crippen molar-refractivity contribution in [2.45, 2.75) is 6.92 Å². The topological polar surface area (TPSA) is 84.4 Å². The number of halogens is 1. The van der Waals surface area contributed by atoms with E-state index in [2.05, 4.69) is 15.1 Å². The normalized spacial score (nSPS) is 11.6. The number of aryl methyl sites for hydroxylation is 1. The zero-order chi connectivity index (χ0) is 13.1. The summed E-state index contributed by atoms with van der Waals surface area (Å²) in [5.41, 5.74) is 7.47. The highest BCUT2D eigenvalue weighted by Gasteiger charge is 2.11. The number of nitrogens with two attached hydrogens (primary N) is 1. The molecular weight excluding hydrogens is 235 g/mol. The largest absolute Gasteiger partial charge is 0.409 e. The summed E-state index contributed by atoms with van der Waals surface area (Å²) in [7, 11) is 0. The highest BCUT2D eigenvalue weighted by atomic mass is 19.1. The van der Waals surface area contributed by atoms with Crippen molar-refractivity contribution in [3.05, 3.63) is 47.8 Å². The Morgan fingerprint density at radius 3 is 2.83 bits per heavy atom. The molecular formula is C12H11FN4O.